The number of carbonyl (C=O) groups is 4. The first-order valence-corrected chi connectivity index (χ1v) is 12.1. The Labute approximate surface area is 205 Å². The van der Waals surface area contributed by atoms with Crippen LogP contribution in [0.2, 0.25) is 0 Å². The number of benzene rings is 2. The summed E-state index contributed by atoms with van der Waals surface area (Å²) in [6.45, 7) is 2.26. The lowest BCUT2D eigenvalue weighted by Crippen LogP contribution is -2.28. The van der Waals surface area contributed by atoms with Gasteiger partial charge in [-0.2, -0.15) is 0 Å². The van der Waals surface area contributed by atoms with Gasteiger partial charge < -0.3 is 20.1 Å². The lowest BCUT2D eigenvalue weighted by Gasteiger charge is -2.11. The zero-order valence-electron chi connectivity index (χ0n) is 20.0. The van der Waals surface area contributed by atoms with E-state index in [1.54, 1.807) is 48.5 Å². The fraction of sp³-hybridized carbons (Fsp3) is 0.407. The summed E-state index contributed by atoms with van der Waals surface area (Å²) < 4.78 is 10.6. The molecule has 0 bridgehead atoms. The molecule has 0 aromatic heterocycles. The molecule has 1 fully saturated rings. The van der Waals surface area contributed by atoms with Crippen LogP contribution in [0.25, 0.3) is 0 Å². The Morgan fingerprint density at radius 2 is 1.69 bits per heavy atom. The molecule has 2 aromatic carbocycles. The minimum absolute atomic E-state index is 0.0265. The molecule has 8 heteroatoms. The molecule has 2 amide bonds. The molecule has 0 heterocycles. The highest BCUT2D eigenvalue weighted by Crippen LogP contribution is 2.21. The molecule has 186 valence electrons. The number of carbonyl (C=O) groups excluding carboxylic acids is 4. The van der Waals surface area contributed by atoms with Crippen LogP contribution in [0.5, 0.6) is 5.75 Å². The van der Waals surface area contributed by atoms with Crippen molar-refractivity contribution in [3.8, 4) is 5.75 Å². The van der Waals surface area contributed by atoms with Crippen LogP contribution in [0.3, 0.4) is 0 Å². The Hall–Kier alpha value is -3.68. The Balaban J connectivity index is 1.38. The zero-order valence-corrected chi connectivity index (χ0v) is 20.0. The molecule has 8 nitrogen and oxygen atoms in total. The highest BCUT2D eigenvalue weighted by molar-refractivity contribution is 6.04. The van der Waals surface area contributed by atoms with Crippen LogP contribution in [0.15, 0.2) is 48.5 Å². The smallest absolute Gasteiger partial charge is 0.306 e. The quantitative estimate of drug-likeness (QED) is 0.237. The highest BCUT2D eigenvalue weighted by atomic mass is 16.5. The van der Waals surface area contributed by atoms with Crippen molar-refractivity contribution in [3.63, 3.8) is 0 Å². The van der Waals surface area contributed by atoms with Gasteiger partial charge in [-0.25, -0.2) is 0 Å². The van der Waals surface area contributed by atoms with Gasteiger partial charge in [-0.15, -0.1) is 0 Å². The van der Waals surface area contributed by atoms with Crippen LogP contribution in [0.1, 0.15) is 72.6 Å². The molecule has 0 unspecified atom stereocenters. The third-order valence-corrected chi connectivity index (χ3v) is 5.47. The number of Topliss-reactive ketones (excluding diaryl/α,β-unsaturated/α-hetero) is 1. The standard InChI is InChI=1S/C27H32N2O6/c1-2-3-6-17-34-21-13-9-19(10-14-21)24(30)15-16-26(32)35-18-25(31)29-23-8-5-4-7-22(23)27(33)28-20-11-12-20/h4-5,7-10,13-14,20H,2-3,6,11-12,15-18H2,1H3,(H,28,33)(H,29,31). The summed E-state index contributed by atoms with van der Waals surface area (Å²) in [5, 5.41) is 5.48. The number of para-hydroxylation sites is 1. The van der Waals surface area contributed by atoms with Crippen LogP contribution in [0, 0.1) is 0 Å². The lowest BCUT2D eigenvalue weighted by molar-refractivity contribution is -0.147. The van der Waals surface area contributed by atoms with Gasteiger partial charge in [-0.1, -0.05) is 31.9 Å². The van der Waals surface area contributed by atoms with Crippen molar-refractivity contribution in [2.75, 3.05) is 18.5 Å². The number of nitrogens with one attached hydrogen (secondary N) is 2. The Morgan fingerprint density at radius 1 is 0.943 bits per heavy atom. The first-order chi connectivity index (χ1) is 17.0. The van der Waals surface area contributed by atoms with Gasteiger partial charge in [0.05, 0.1) is 24.3 Å². The third-order valence-electron chi connectivity index (χ3n) is 5.47. The maximum atomic E-state index is 12.4. The van der Waals surface area contributed by atoms with Crippen LogP contribution in [-0.2, 0) is 14.3 Å². The molecule has 0 spiro atoms. The van der Waals surface area contributed by atoms with E-state index in [-0.39, 0.29) is 30.6 Å². The van der Waals surface area contributed by atoms with Gasteiger partial charge in [0.2, 0.25) is 0 Å². The van der Waals surface area contributed by atoms with E-state index in [2.05, 4.69) is 17.6 Å². The summed E-state index contributed by atoms with van der Waals surface area (Å²) in [5.74, 6) is -0.959. The largest absolute Gasteiger partial charge is 0.494 e. The molecule has 0 aliphatic heterocycles. The number of amides is 2. The number of hydrogen-bond donors (Lipinski definition) is 2. The van der Waals surface area contributed by atoms with Gasteiger partial charge in [0.25, 0.3) is 11.8 Å². The SMILES string of the molecule is CCCCCOc1ccc(C(=O)CCC(=O)OCC(=O)Nc2ccccc2C(=O)NC2CC2)cc1. The summed E-state index contributed by atoms with van der Waals surface area (Å²) in [4.78, 5) is 48.9. The predicted molar refractivity (Wildman–Crippen MR) is 132 cm³/mol. The molecule has 0 radical (unpaired) electrons. The maximum Gasteiger partial charge on any atom is 0.306 e. The fourth-order valence-corrected chi connectivity index (χ4v) is 3.32. The van der Waals surface area contributed by atoms with Gasteiger partial charge in [-0.05, 0) is 55.7 Å². The van der Waals surface area contributed by atoms with E-state index in [4.69, 9.17) is 9.47 Å². The molecule has 1 aliphatic carbocycles. The van der Waals surface area contributed by atoms with Crippen molar-refractivity contribution in [1.29, 1.82) is 0 Å². The second-order valence-electron chi connectivity index (χ2n) is 8.51. The monoisotopic (exact) mass is 480 g/mol. The van der Waals surface area contributed by atoms with E-state index in [9.17, 15) is 19.2 Å². The van der Waals surface area contributed by atoms with Gasteiger partial charge >= 0.3 is 5.97 Å². The first kappa shape index (κ1) is 25.9. The molecule has 3 rings (SSSR count). The maximum absolute atomic E-state index is 12.4. The number of rotatable bonds is 14. The summed E-state index contributed by atoms with van der Waals surface area (Å²) in [5.41, 5.74) is 1.18. The van der Waals surface area contributed by atoms with Crippen LogP contribution < -0.4 is 15.4 Å². The molecule has 0 atom stereocenters. The van der Waals surface area contributed by atoms with Crippen molar-refractivity contribution in [3.05, 3.63) is 59.7 Å². The van der Waals surface area contributed by atoms with Gasteiger partial charge in [0, 0.05) is 18.0 Å². The topological polar surface area (TPSA) is 111 Å². The predicted octanol–water partition coefficient (Wildman–Crippen LogP) is 4.29. The fourth-order valence-electron chi connectivity index (χ4n) is 3.32. The second kappa shape index (κ2) is 13.3. The Kier molecular flexibility index (Phi) is 9.83. The molecule has 2 aromatic rings. The molecular weight excluding hydrogens is 448 g/mol. The zero-order chi connectivity index (χ0) is 25.0. The molecule has 1 saturated carbocycles. The Morgan fingerprint density at radius 3 is 2.40 bits per heavy atom. The summed E-state index contributed by atoms with van der Waals surface area (Å²) in [6.07, 6.45) is 4.97. The van der Waals surface area contributed by atoms with E-state index >= 15 is 0 Å². The minimum Gasteiger partial charge on any atom is -0.494 e. The highest BCUT2D eigenvalue weighted by Gasteiger charge is 2.25. The van der Waals surface area contributed by atoms with Crippen molar-refractivity contribution >= 4 is 29.3 Å². The van der Waals surface area contributed by atoms with E-state index in [0.717, 1.165) is 32.1 Å². The van der Waals surface area contributed by atoms with Crippen LogP contribution in [0.4, 0.5) is 5.69 Å². The minimum atomic E-state index is -0.649. The Bertz CT molecular complexity index is 1030. The number of esters is 1. The molecular formula is C27H32N2O6. The molecule has 35 heavy (non-hydrogen) atoms. The van der Waals surface area contributed by atoms with Crippen molar-refractivity contribution in [2.45, 2.75) is 57.9 Å². The average Bonchev–Trinajstić information content (AvgIpc) is 3.68. The number of ether oxygens (including phenoxy) is 2. The lowest BCUT2D eigenvalue weighted by atomic mass is 10.1. The molecule has 0 saturated heterocycles. The van der Waals surface area contributed by atoms with E-state index in [1.807, 2.05) is 0 Å². The van der Waals surface area contributed by atoms with Crippen molar-refractivity contribution in [2.24, 2.45) is 0 Å². The van der Waals surface area contributed by atoms with Gasteiger partial charge in [-0.3, -0.25) is 19.2 Å². The van der Waals surface area contributed by atoms with Gasteiger partial charge in [0.15, 0.2) is 12.4 Å². The average molecular weight is 481 g/mol. The summed E-state index contributed by atoms with van der Waals surface area (Å²) in [6, 6.07) is 13.7. The molecule has 1 aliphatic rings. The number of hydrogen-bond acceptors (Lipinski definition) is 6. The first-order valence-electron chi connectivity index (χ1n) is 12.1. The third kappa shape index (κ3) is 8.88. The van der Waals surface area contributed by atoms with Crippen molar-refractivity contribution < 1.29 is 28.7 Å². The van der Waals surface area contributed by atoms with E-state index in [1.165, 1.54) is 0 Å². The van der Waals surface area contributed by atoms with E-state index in [0.29, 0.717) is 29.2 Å². The van der Waals surface area contributed by atoms with Crippen LogP contribution in [-0.4, -0.2) is 42.8 Å². The number of ketones is 1. The van der Waals surface area contributed by atoms with Crippen LogP contribution >= 0.6 is 0 Å². The van der Waals surface area contributed by atoms with Crippen molar-refractivity contribution in [1.82, 2.24) is 5.32 Å². The number of anilines is 1. The summed E-state index contributed by atoms with van der Waals surface area (Å²) in [7, 11) is 0. The molecule has 2 N–H and O–H groups in total. The van der Waals surface area contributed by atoms with E-state index < -0.39 is 18.5 Å². The number of unbranched alkanes of at least 4 members (excludes halogenated alkanes) is 2. The van der Waals surface area contributed by atoms with Gasteiger partial charge in [0.1, 0.15) is 5.75 Å². The summed E-state index contributed by atoms with van der Waals surface area (Å²) >= 11 is 0. The second-order valence-corrected chi connectivity index (χ2v) is 8.51. The normalized spacial score (nSPS) is 12.5.